The highest BCUT2D eigenvalue weighted by Gasteiger charge is 2.26. The smallest absolute Gasteiger partial charge is 0.101 e. The van der Waals surface area contributed by atoms with E-state index in [0.717, 1.165) is 41.9 Å². The van der Waals surface area contributed by atoms with Crippen LogP contribution in [-0.2, 0) is 13.1 Å². The van der Waals surface area contributed by atoms with Crippen molar-refractivity contribution in [3.8, 4) is 28.5 Å². The molecule has 5 nitrogen and oxygen atoms in total. The van der Waals surface area contributed by atoms with Crippen molar-refractivity contribution >= 4 is 12.4 Å². The van der Waals surface area contributed by atoms with Crippen molar-refractivity contribution < 1.29 is 0 Å². The van der Waals surface area contributed by atoms with Crippen LogP contribution < -0.4 is 5.32 Å². The van der Waals surface area contributed by atoms with Gasteiger partial charge >= 0.3 is 0 Å². The van der Waals surface area contributed by atoms with Gasteiger partial charge in [0, 0.05) is 36.1 Å². The van der Waals surface area contributed by atoms with Gasteiger partial charge < -0.3 is 5.32 Å². The fraction of sp³-hybridized carbons (Fsp3) is 0.318. The van der Waals surface area contributed by atoms with Crippen LogP contribution in [0.4, 0.5) is 0 Å². The molecule has 0 radical (unpaired) electrons. The summed E-state index contributed by atoms with van der Waals surface area (Å²) in [4.78, 5) is 4.16. The van der Waals surface area contributed by atoms with Gasteiger partial charge in [-0.2, -0.15) is 10.4 Å². The summed E-state index contributed by atoms with van der Waals surface area (Å²) in [7, 11) is 0. The summed E-state index contributed by atoms with van der Waals surface area (Å²) in [6.07, 6.45) is 4.75. The Bertz CT molecular complexity index is 988. The predicted octanol–water partition coefficient (Wildman–Crippen LogP) is 4.42. The molecule has 2 aromatic heterocycles. The van der Waals surface area contributed by atoms with E-state index in [1.54, 1.807) is 0 Å². The lowest BCUT2D eigenvalue weighted by molar-refractivity contribution is 0.323. The van der Waals surface area contributed by atoms with Gasteiger partial charge in [-0.15, -0.1) is 12.4 Å². The number of benzene rings is 1. The lowest BCUT2D eigenvalue weighted by atomic mass is 9.97. The molecule has 144 valence electrons. The molecule has 0 fully saturated rings. The normalized spacial score (nSPS) is 15.6. The molecule has 0 saturated heterocycles. The van der Waals surface area contributed by atoms with E-state index < -0.39 is 0 Å². The molecular weight excluding hydrogens is 370 g/mol. The Kier molecular flexibility index (Phi) is 6.13. The maximum atomic E-state index is 9.28. The zero-order chi connectivity index (χ0) is 18.8. The van der Waals surface area contributed by atoms with Crippen molar-refractivity contribution in [1.29, 1.82) is 5.26 Å². The Balaban J connectivity index is 0.00000225. The average molecular weight is 394 g/mol. The second-order valence-corrected chi connectivity index (χ2v) is 7.49. The molecule has 1 aliphatic heterocycles. The SMILES string of the molecule is CC(C)C[C@H]1Cn2nc(-c3cccc(C#N)c3)c(-c3ccncc3)c2CN1.Cl. The monoisotopic (exact) mass is 393 g/mol. The summed E-state index contributed by atoms with van der Waals surface area (Å²) in [6, 6.07) is 14.4. The van der Waals surface area contributed by atoms with Crippen LogP contribution in [0, 0.1) is 17.2 Å². The number of pyridine rings is 1. The number of fused-ring (bicyclic) bond motifs is 1. The highest BCUT2D eigenvalue weighted by Crippen LogP contribution is 2.36. The quantitative estimate of drug-likeness (QED) is 0.712. The number of halogens is 1. The summed E-state index contributed by atoms with van der Waals surface area (Å²) >= 11 is 0. The van der Waals surface area contributed by atoms with E-state index in [0.29, 0.717) is 17.5 Å². The molecule has 0 saturated carbocycles. The summed E-state index contributed by atoms with van der Waals surface area (Å²) in [5.41, 5.74) is 5.98. The number of nitrogens with zero attached hydrogens (tertiary/aromatic N) is 4. The molecule has 0 unspecified atom stereocenters. The molecule has 6 heteroatoms. The third kappa shape index (κ3) is 3.94. The van der Waals surface area contributed by atoms with Crippen LogP contribution in [-0.4, -0.2) is 20.8 Å². The first-order valence-electron chi connectivity index (χ1n) is 9.39. The van der Waals surface area contributed by atoms with E-state index in [2.05, 4.69) is 34.9 Å². The number of nitrogens with one attached hydrogen (secondary N) is 1. The molecule has 1 aliphatic rings. The lowest BCUT2D eigenvalue weighted by Gasteiger charge is -2.27. The van der Waals surface area contributed by atoms with Crippen molar-refractivity contribution in [2.45, 2.75) is 39.4 Å². The minimum absolute atomic E-state index is 0. The third-order valence-corrected chi connectivity index (χ3v) is 5.00. The molecule has 0 bridgehead atoms. The number of hydrogen-bond donors (Lipinski definition) is 1. The maximum Gasteiger partial charge on any atom is 0.101 e. The lowest BCUT2D eigenvalue weighted by Crippen LogP contribution is -2.40. The van der Waals surface area contributed by atoms with Gasteiger partial charge in [-0.25, -0.2) is 0 Å². The van der Waals surface area contributed by atoms with Crippen LogP contribution >= 0.6 is 12.4 Å². The molecule has 3 heterocycles. The van der Waals surface area contributed by atoms with E-state index in [9.17, 15) is 5.26 Å². The van der Waals surface area contributed by atoms with Crippen molar-refractivity contribution in [3.63, 3.8) is 0 Å². The Morgan fingerprint density at radius 3 is 2.71 bits per heavy atom. The van der Waals surface area contributed by atoms with Crippen LogP contribution in [0.3, 0.4) is 0 Å². The Labute approximate surface area is 171 Å². The second kappa shape index (κ2) is 8.55. The first-order valence-corrected chi connectivity index (χ1v) is 9.39. The van der Waals surface area contributed by atoms with Crippen LogP contribution in [0.15, 0.2) is 48.8 Å². The maximum absolute atomic E-state index is 9.28. The summed E-state index contributed by atoms with van der Waals surface area (Å²) in [6.45, 7) is 6.16. The average Bonchev–Trinajstić information content (AvgIpc) is 3.07. The largest absolute Gasteiger partial charge is 0.307 e. The van der Waals surface area contributed by atoms with E-state index in [4.69, 9.17) is 5.10 Å². The first-order chi connectivity index (χ1) is 13.2. The van der Waals surface area contributed by atoms with Gasteiger partial charge in [0.1, 0.15) is 5.69 Å². The minimum atomic E-state index is 0. The van der Waals surface area contributed by atoms with E-state index in [1.807, 2.05) is 48.8 Å². The summed E-state index contributed by atoms with van der Waals surface area (Å²) in [5, 5.41) is 17.9. The second-order valence-electron chi connectivity index (χ2n) is 7.49. The molecule has 3 aromatic rings. The summed E-state index contributed by atoms with van der Waals surface area (Å²) < 4.78 is 2.15. The third-order valence-electron chi connectivity index (χ3n) is 5.00. The van der Waals surface area contributed by atoms with Gasteiger partial charge in [-0.1, -0.05) is 26.0 Å². The van der Waals surface area contributed by atoms with Crippen LogP contribution in [0.25, 0.3) is 22.4 Å². The molecule has 1 atom stereocenters. The van der Waals surface area contributed by atoms with Crippen LogP contribution in [0.1, 0.15) is 31.5 Å². The molecule has 0 spiro atoms. The van der Waals surface area contributed by atoms with Gasteiger partial charge in [0.25, 0.3) is 0 Å². The molecule has 1 aromatic carbocycles. The topological polar surface area (TPSA) is 66.5 Å². The minimum Gasteiger partial charge on any atom is -0.307 e. The fourth-order valence-corrected chi connectivity index (χ4v) is 3.83. The Morgan fingerprint density at radius 2 is 2.00 bits per heavy atom. The van der Waals surface area contributed by atoms with Gasteiger partial charge in [0.15, 0.2) is 0 Å². The molecule has 0 amide bonds. The fourth-order valence-electron chi connectivity index (χ4n) is 3.83. The highest BCUT2D eigenvalue weighted by molar-refractivity contribution is 5.85. The van der Waals surface area contributed by atoms with E-state index in [-0.39, 0.29) is 12.4 Å². The van der Waals surface area contributed by atoms with Crippen molar-refractivity contribution in [2.24, 2.45) is 5.92 Å². The molecule has 4 rings (SSSR count). The van der Waals surface area contributed by atoms with Crippen molar-refractivity contribution in [3.05, 3.63) is 60.0 Å². The number of aromatic nitrogens is 3. The molecule has 0 aliphatic carbocycles. The Morgan fingerprint density at radius 1 is 1.21 bits per heavy atom. The predicted molar refractivity (Wildman–Crippen MR) is 113 cm³/mol. The van der Waals surface area contributed by atoms with Crippen molar-refractivity contribution in [1.82, 2.24) is 20.1 Å². The standard InChI is InChI=1S/C22H23N5.ClH/c1-15(2)10-19-14-27-20(13-25-19)21(17-6-8-24-9-7-17)22(26-27)18-5-3-4-16(11-18)12-23;/h3-9,11,15,19,25H,10,13-14H2,1-2H3;1H/t19-;/m0./s1. The number of rotatable bonds is 4. The Hall–Kier alpha value is -2.68. The zero-order valence-corrected chi connectivity index (χ0v) is 16.9. The zero-order valence-electron chi connectivity index (χ0n) is 16.1. The summed E-state index contributed by atoms with van der Waals surface area (Å²) in [5.74, 6) is 0.645. The van der Waals surface area contributed by atoms with Gasteiger partial charge in [-0.05, 0) is 42.2 Å². The molecule has 1 N–H and O–H groups in total. The molecule has 28 heavy (non-hydrogen) atoms. The molecular formula is C22H24ClN5. The van der Waals surface area contributed by atoms with Gasteiger partial charge in [-0.3, -0.25) is 9.67 Å². The number of nitriles is 1. The van der Waals surface area contributed by atoms with Crippen LogP contribution in [0.5, 0.6) is 0 Å². The first kappa shape index (κ1) is 20.1. The van der Waals surface area contributed by atoms with Crippen LogP contribution in [0.2, 0.25) is 0 Å². The van der Waals surface area contributed by atoms with Gasteiger partial charge in [0.2, 0.25) is 0 Å². The van der Waals surface area contributed by atoms with Gasteiger partial charge in [0.05, 0.1) is 23.9 Å². The van der Waals surface area contributed by atoms with Crippen molar-refractivity contribution in [2.75, 3.05) is 0 Å². The highest BCUT2D eigenvalue weighted by atomic mass is 35.5. The van der Waals surface area contributed by atoms with E-state index >= 15 is 0 Å². The number of hydrogen-bond acceptors (Lipinski definition) is 4. The van der Waals surface area contributed by atoms with E-state index in [1.165, 1.54) is 5.69 Å².